The van der Waals surface area contributed by atoms with Gasteiger partial charge in [0.15, 0.2) is 17.3 Å². The van der Waals surface area contributed by atoms with Crippen LogP contribution in [-0.4, -0.2) is 30.1 Å². The topological polar surface area (TPSA) is 95.7 Å². The number of aryl methyl sites for hydroxylation is 1. The maximum atomic E-state index is 5.20. The summed E-state index contributed by atoms with van der Waals surface area (Å²) in [6, 6.07) is 2.13. The van der Waals surface area contributed by atoms with Crippen LogP contribution in [0.2, 0.25) is 0 Å². The van der Waals surface area contributed by atoms with Crippen molar-refractivity contribution in [2.45, 2.75) is 33.2 Å². The molecule has 0 bridgehead atoms. The van der Waals surface area contributed by atoms with Crippen molar-refractivity contribution in [1.82, 2.24) is 30.1 Å². The molecule has 0 fully saturated rings. The SMILES string of the molecule is Cc1nc(Cc2noc(-c3ccn(C(C)C)n3)n2)no1. The standard InChI is InChI=1S/C12H14N6O2/c1-7(2)18-5-4-9(15-18)12-14-11(17-20-12)6-10-13-8(3)19-16-10/h4-5,7H,6H2,1-3H3. The third kappa shape index (κ3) is 2.44. The van der Waals surface area contributed by atoms with Crippen molar-refractivity contribution in [2.24, 2.45) is 0 Å². The summed E-state index contributed by atoms with van der Waals surface area (Å²) in [5.41, 5.74) is 0.654. The molecule has 0 atom stereocenters. The summed E-state index contributed by atoms with van der Waals surface area (Å²) in [5, 5.41) is 12.1. The zero-order valence-electron chi connectivity index (χ0n) is 11.4. The highest BCUT2D eigenvalue weighted by molar-refractivity contribution is 5.45. The monoisotopic (exact) mass is 274 g/mol. The fourth-order valence-corrected chi connectivity index (χ4v) is 1.72. The van der Waals surface area contributed by atoms with E-state index in [1.54, 1.807) is 6.92 Å². The van der Waals surface area contributed by atoms with Crippen LogP contribution in [-0.2, 0) is 6.42 Å². The summed E-state index contributed by atoms with van der Waals surface area (Å²) in [7, 11) is 0. The van der Waals surface area contributed by atoms with Crippen molar-refractivity contribution < 1.29 is 9.05 Å². The van der Waals surface area contributed by atoms with E-state index in [-0.39, 0.29) is 6.04 Å². The van der Waals surface area contributed by atoms with E-state index in [1.807, 2.05) is 16.9 Å². The summed E-state index contributed by atoms with van der Waals surface area (Å²) < 4.78 is 11.9. The minimum atomic E-state index is 0.286. The van der Waals surface area contributed by atoms with Crippen LogP contribution in [0.5, 0.6) is 0 Å². The average molecular weight is 274 g/mol. The van der Waals surface area contributed by atoms with Crippen LogP contribution >= 0.6 is 0 Å². The maximum Gasteiger partial charge on any atom is 0.278 e. The Morgan fingerprint density at radius 2 is 1.90 bits per heavy atom. The van der Waals surface area contributed by atoms with E-state index < -0.39 is 0 Å². The van der Waals surface area contributed by atoms with E-state index in [2.05, 4.69) is 39.2 Å². The van der Waals surface area contributed by atoms with E-state index in [0.29, 0.717) is 35.5 Å². The van der Waals surface area contributed by atoms with Crippen LogP contribution in [0.25, 0.3) is 11.6 Å². The molecule has 0 radical (unpaired) electrons. The van der Waals surface area contributed by atoms with Gasteiger partial charge in [0.25, 0.3) is 5.89 Å². The highest BCUT2D eigenvalue weighted by Gasteiger charge is 2.14. The number of hydrogen-bond donors (Lipinski definition) is 0. The number of nitrogens with zero attached hydrogens (tertiary/aromatic N) is 6. The second-order valence-electron chi connectivity index (χ2n) is 4.70. The lowest BCUT2D eigenvalue weighted by molar-refractivity contribution is 0.387. The van der Waals surface area contributed by atoms with Gasteiger partial charge in [0.2, 0.25) is 5.89 Å². The lowest BCUT2D eigenvalue weighted by atomic mass is 10.4. The van der Waals surface area contributed by atoms with Crippen LogP contribution in [0.4, 0.5) is 0 Å². The third-order valence-corrected chi connectivity index (χ3v) is 2.71. The molecule has 0 spiro atoms. The number of aromatic nitrogens is 6. The van der Waals surface area contributed by atoms with Gasteiger partial charge in [0, 0.05) is 19.2 Å². The molecule has 0 aliphatic rings. The van der Waals surface area contributed by atoms with Gasteiger partial charge < -0.3 is 9.05 Å². The Labute approximate surface area is 114 Å². The minimum absolute atomic E-state index is 0.286. The van der Waals surface area contributed by atoms with Gasteiger partial charge in [-0.05, 0) is 19.9 Å². The smallest absolute Gasteiger partial charge is 0.278 e. The molecule has 0 aliphatic heterocycles. The van der Waals surface area contributed by atoms with E-state index >= 15 is 0 Å². The van der Waals surface area contributed by atoms with E-state index in [1.165, 1.54) is 0 Å². The van der Waals surface area contributed by atoms with Crippen molar-refractivity contribution >= 4 is 0 Å². The summed E-state index contributed by atoms with van der Waals surface area (Å²) in [6.45, 7) is 5.83. The molecule has 8 heteroatoms. The molecule has 20 heavy (non-hydrogen) atoms. The summed E-state index contributed by atoms with van der Waals surface area (Å²) in [5.74, 6) is 1.93. The van der Waals surface area contributed by atoms with Gasteiger partial charge in [-0.15, -0.1) is 0 Å². The molecular formula is C12H14N6O2. The van der Waals surface area contributed by atoms with Gasteiger partial charge in [-0.3, -0.25) is 4.68 Å². The first-order valence-electron chi connectivity index (χ1n) is 6.29. The van der Waals surface area contributed by atoms with Crippen LogP contribution in [0.3, 0.4) is 0 Å². The molecule has 0 aromatic carbocycles. The second-order valence-corrected chi connectivity index (χ2v) is 4.70. The van der Waals surface area contributed by atoms with Crippen LogP contribution < -0.4 is 0 Å². The van der Waals surface area contributed by atoms with E-state index in [0.717, 1.165) is 0 Å². The molecule has 0 N–H and O–H groups in total. The molecule has 3 heterocycles. The van der Waals surface area contributed by atoms with Crippen LogP contribution in [0.15, 0.2) is 21.3 Å². The zero-order valence-corrected chi connectivity index (χ0v) is 11.4. The van der Waals surface area contributed by atoms with E-state index in [4.69, 9.17) is 9.05 Å². The fourth-order valence-electron chi connectivity index (χ4n) is 1.72. The van der Waals surface area contributed by atoms with Gasteiger partial charge in [-0.1, -0.05) is 10.3 Å². The lowest BCUT2D eigenvalue weighted by Gasteiger charge is -2.02. The quantitative estimate of drug-likeness (QED) is 0.715. The van der Waals surface area contributed by atoms with Crippen molar-refractivity contribution in [3.8, 4) is 11.6 Å². The first-order chi connectivity index (χ1) is 9.61. The Morgan fingerprint density at radius 1 is 1.15 bits per heavy atom. The third-order valence-electron chi connectivity index (χ3n) is 2.71. The van der Waals surface area contributed by atoms with Gasteiger partial charge >= 0.3 is 0 Å². The van der Waals surface area contributed by atoms with Gasteiger partial charge in [0.1, 0.15) is 0 Å². The summed E-state index contributed by atoms with van der Waals surface area (Å²) in [6.07, 6.45) is 2.25. The molecule has 3 aromatic heterocycles. The summed E-state index contributed by atoms with van der Waals surface area (Å²) in [4.78, 5) is 8.38. The molecule has 0 unspecified atom stereocenters. The second kappa shape index (κ2) is 4.87. The molecule has 0 aliphatic carbocycles. The van der Waals surface area contributed by atoms with Crippen molar-refractivity contribution in [3.63, 3.8) is 0 Å². The zero-order chi connectivity index (χ0) is 14.1. The molecule has 104 valence electrons. The molecule has 0 saturated carbocycles. The van der Waals surface area contributed by atoms with Crippen molar-refractivity contribution in [3.05, 3.63) is 29.8 Å². The lowest BCUT2D eigenvalue weighted by Crippen LogP contribution is -2.00. The van der Waals surface area contributed by atoms with Crippen molar-refractivity contribution in [2.75, 3.05) is 0 Å². The minimum Gasteiger partial charge on any atom is -0.340 e. The molecule has 0 saturated heterocycles. The number of hydrogen-bond acceptors (Lipinski definition) is 7. The van der Waals surface area contributed by atoms with Crippen LogP contribution in [0.1, 0.15) is 37.4 Å². The average Bonchev–Trinajstić information content (AvgIpc) is 3.10. The summed E-state index contributed by atoms with van der Waals surface area (Å²) >= 11 is 0. The van der Waals surface area contributed by atoms with Gasteiger partial charge in [-0.25, -0.2) is 0 Å². The first-order valence-corrected chi connectivity index (χ1v) is 6.29. The van der Waals surface area contributed by atoms with Crippen molar-refractivity contribution in [1.29, 1.82) is 0 Å². The molecule has 3 rings (SSSR count). The fraction of sp³-hybridized carbons (Fsp3) is 0.417. The molecule has 3 aromatic rings. The molecule has 0 amide bonds. The Hall–Kier alpha value is -2.51. The van der Waals surface area contributed by atoms with Crippen LogP contribution in [0, 0.1) is 6.92 Å². The molecular weight excluding hydrogens is 260 g/mol. The Balaban J connectivity index is 1.78. The van der Waals surface area contributed by atoms with Gasteiger partial charge in [0.05, 0.1) is 6.42 Å². The largest absolute Gasteiger partial charge is 0.340 e. The Bertz CT molecular complexity index is 711. The number of rotatable bonds is 4. The predicted molar refractivity (Wildman–Crippen MR) is 67.7 cm³/mol. The van der Waals surface area contributed by atoms with Gasteiger partial charge in [-0.2, -0.15) is 15.1 Å². The molecule has 8 nitrogen and oxygen atoms in total. The normalized spacial score (nSPS) is 11.4. The Morgan fingerprint density at radius 3 is 2.55 bits per heavy atom. The highest BCUT2D eigenvalue weighted by Crippen LogP contribution is 2.16. The maximum absolute atomic E-state index is 5.20. The van der Waals surface area contributed by atoms with E-state index in [9.17, 15) is 0 Å². The first kappa shape index (κ1) is 12.5. The highest BCUT2D eigenvalue weighted by atomic mass is 16.5. The Kier molecular flexibility index (Phi) is 3.05. The predicted octanol–water partition coefficient (Wildman–Crippen LogP) is 1.80.